The molecule has 0 unspecified atom stereocenters. The van der Waals surface area contributed by atoms with Gasteiger partial charge in [-0.25, -0.2) is 0 Å². The zero-order valence-electron chi connectivity index (χ0n) is 17.6. The molecule has 0 aliphatic rings. The highest BCUT2D eigenvalue weighted by atomic mass is 32.2. The monoisotopic (exact) mass is 412 g/mol. The maximum Gasteiger partial charge on any atom is -0.00260 e. The standard InChI is InChI=1S/C26H37PS/c1-2-3-4-5-6-7-8-9-10-17-23-28-24-22-27(25-18-13-11-14-19-25)26-20-15-12-16-21-26/h11-16,18-22,24H,2-10,17,23H2,1H3/b24-22-. The highest BCUT2D eigenvalue weighted by molar-refractivity contribution is 8.02. The molecular weight excluding hydrogens is 375 g/mol. The van der Waals surface area contributed by atoms with Gasteiger partial charge in [0.05, 0.1) is 0 Å². The van der Waals surface area contributed by atoms with Crippen LogP contribution >= 0.6 is 19.7 Å². The third-order valence-corrected chi connectivity index (χ3v) is 8.20. The minimum atomic E-state index is -0.392. The lowest BCUT2D eigenvalue weighted by atomic mass is 10.1. The molecule has 28 heavy (non-hydrogen) atoms. The highest BCUT2D eigenvalue weighted by Crippen LogP contribution is 2.36. The van der Waals surface area contributed by atoms with Gasteiger partial charge in [0.15, 0.2) is 0 Å². The van der Waals surface area contributed by atoms with Crippen LogP contribution in [0.15, 0.2) is 71.9 Å². The molecule has 0 saturated carbocycles. The van der Waals surface area contributed by atoms with E-state index >= 15 is 0 Å². The fourth-order valence-electron chi connectivity index (χ4n) is 3.34. The van der Waals surface area contributed by atoms with Crippen LogP contribution in [0.3, 0.4) is 0 Å². The second-order valence-electron chi connectivity index (χ2n) is 7.38. The Morgan fingerprint density at radius 3 is 1.61 bits per heavy atom. The van der Waals surface area contributed by atoms with Gasteiger partial charge in [-0.2, -0.15) is 0 Å². The quantitative estimate of drug-likeness (QED) is 0.210. The maximum atomic E-state index is 2.43. The van der Waals surface area contributed by atoms with Crippen LogP contribution in [0.2, 0.25) is 0 Å². The molecule has 0 aliphatic carbocycles. The van der Waals surface area contributed by atoms with Crippen molar-refractivity contribution in [1.29, 1.82) is 0 Å². The number of hydrogen-bond donors (Lipinski definition) is 0. The summed E-state index contributed by atoms with van der Waals surface area (Å²) in [6, 6.07) is 21.9. The van der Waals surface area contributed by atoms with Crippen LogP contribution in [0.5, 0.6) is 0 Å². The molecule has 0 nitrogen and oxygen atoms in total. The van der Waals surface area contributed by atoms with E-state index in [9.17, 15) is 0 Å². The molecule has 0 heterocycles. The lowest BCUT2D eigenvalue weighted by Gasteiger charge is -2.14. The van der Waals surface area contributed by atoms with Crippen LogP contribution in [0.1, 0.15) is 71.1 Å². The van der Waals surface area contributed by atoms with Crippen molar-refractivity contribution in [3.8, 4) is 0 Å². The van der Waals surface area contributed by atoms with Gasteiger partial charge in [-0.05, 0) is 41.9 Å². The zero-order valence-corrected chi connectivity index (χ0v) is 19.3. The molecule has 152 valence electrons. The van der Waals surface area contributed by atoms with Gasteiger partial charge < -0.3 is 0 Å². The van der Waals surface area contributed by atoms with Gasteiger partial charge in [0.1, 0.15) is 0 Å². The van der Waals surface area contributed by atoms with E-state index in [0.29, 0.717) is 0 Å². The Morgan fingerprint density at radius 1 is 0.643 bits per heavy atom. The van der Waals surface area contributed by atoms with Gasteiger partial charge in [-0.15, -0.1) is 11.8 Å². The molecule has 2 heteroatoms. The first-order valence-corrected chi connectivity index (χ1v) is 13.6. The van der Waals surface area contributed by atoms with Crippen molar-refractivity contribution >= 4 is 30.3 Å². The molecule has 0 aromatic heterocycles. The predicted octanol–water partition coefficient (Wildman–Crippen LogP) is 8.24. The van der Waals surface area contributed by atoms with Crippen molar-refractivity contribution in [3.05, 3.63) is 71.9 Å². The van der Waals surface area contributed by atoms with Crippen molar-refractivity contribution < 1.29 is 0 Å². The molecule has 0 spiro atoms. The molecule has 0 aliphatic heterocycles. The normalized spacial score (nSPS) is 11.5. The average Bonchev–Trinajstić information content (AvgIpc) is 2.75. The van der Waals surface area contributed by atoms with Crippen LogP contribution in [-0.2, 0) is 0 Å². The average molecular weight is 413 g/mol. The minimum Gasteiger partial charge on any atom is -0.134 e. The summed E-state index contributed by atoms with van der Waals surface area (Å²) in [5.74, 6) is 3.68. The summed E-state index contributed by atoms with van der Waals surface area (Å²) in [4.78, 5) is 0. The first kappa shape index (κ1) is 23.2. The van der Waals surface area contributed by atoms with Gasteiger partial charge in [0.25, 0.3) is 0 Å². The van der Waals surface area contributed by atoms with Crippen molar-refractivity contribution in [2.45, 2.75) is 71.1 Å². The van der Waals surface area contributed by atoms with E-state index in [2.05, 4.69) is 78.8 Å². The molecule has 0 radical (unpaired) electrons. The fraction of sp³-hybridized carbons (Fsp3) is 0.462. The Bertz CT molecular complexity index is 584. The topological polar surface area (TPSA) is 0 Å². The van der Waals surface area contributed by atoms with E-state index in [4.69, 9.17) is 0 Å². The number of unbranched alkanes of at least 4 members (excludes halogenated alkanes) is 9. The number of thioether (sulfide) groups is 1. The SMILES string of the molecule is CCCCCCCCCCCCS/C=C\P(c1ccccc1)c1ccccc1. The summed E-state index contributed by atoms with van der Waals surface area (Å²) in [7, 11) is -0.392. The first-order valence-electron chi connectivity index (χ1n) is 11.1. The zero-order chi connectivity index (χ0) is 19.7. The van der Waals surface area contributed by atoms with Gasteiger partial charge >= 0.3 is 0 Å². The maximum absolute atomic E-state index is 2.43. The first-order chi connectivity index (χ1) is 13.9. The molecule has 2 rings (SSSR count). The number of rotatable bonds is 15. The molecule has 2 aromatic carbocycles. The van der Waals surface area contributed by atoms with Crippen molar-refractivity contribution in [2.75, 3.05) is 5.75 Å². The van der Waals surface area contributed by atoms with Gasteiger partial charge in [0, 0.05) is 0 Å². The fourth-order valence-corrected chi connectivity index (χ4v) is 6.31. The predicted molar refractivity (Wildman–Crippen MR) is 133 cm³/mol. The van der Waals surface area contributed by atoms with E-state index in [1.807, 2.05) is 11.8 Å². The van der Waals surface area contributed by atoms with E-state index in [0.717, 1.165) is 0 Å². The molecule has 2 aromatic rings. The van der Waals surface area contributed by atoms with Crippen LogP contribution in [-0.4, -0.2) is 5.75 Å². The lowest BCUT2D eigenvalue weighted by Crippen LogP contribution is -2.09. The summed E-state index contributed by atoms with van der Waals surface area (Å²) in [6.45, 7) is 2.29. The molecule has 0 fully saturated rings. The van der Waals surface area contributed by atoms with E-state index < -0.39 is 7.92 Å². The van der Waals surface area contributed by atoms with E-state index in [1.165, 1.54) is 80.6 Å². The largest absolute Gasteiger partial charge is 0.134 e. The molecule has 0 atom stereocenters. The summed E-state index contributed by atoms with van der Waals surface area (Å²) in [6.07, 6.45) is 14.1. The molecule has 0 N–H and O–H groups in total. The van der Waals surface area contributed by atoms with Crippen LogP contribution < -0.4 is 10.6 Å². The lowest BCUT2D eigenvalue weighted by molar-refractivity contribution is 0.563. The van der Waals surface area contributed by atoms with Crippen LogP contribution in [0.4, 0.5) is 0 Å². The summed E-state index contributed by atoms with van der Waals surface area (Å²) in [5, 5.41) is 5.21. The Kier molecular flexibility index (Phi) is 13.1. The Balaban J connectivity index is 1.62. The molecular formula is C26H37PS. The smallest absolute Gasteiger partial charge is 0.00260 e. The second-order valence-corrected chi connectivity index (χ2v) is 10.5. The third kappa shape index (κ3) is 9.94. The second kappa shape index (κ2) is 15.8. The van der Waals surface area contributed by atoms with Gasteiger partial charge in [-0.1, -0.05) is 125 Å². The summed E-state index contributed by atoms with van der Waals surface area (Å²) >= 11 is 1.98. The summed E-state index contributed by atoms with van der Waals surface area (Å²) in [5.41, 5.74) is 0. The summed E-state index contributed by atoms with van der Waals surface area (Å²) < 4.78 is 0. The molecule has 0 bridgehead atoms. The van der Waals surface area contributed by atoms with Crippen molar-refractivity contribution in [2.24, 2.45) is 0 Å². The van der Waals surface area contributed by atoms with E-state index in [1.54, 1.807) is 0 Å². The highest BCUT2D eigenvalue weighted by Gasteiger charge is 2.09. The number of hydrogen-bond acceptors (Lipinski definition) is 1. The molecule has 0 amide bonds. The van der Waals surface area contributed by atoms with Crippen LogP contribution in [0, 0.1) is 0 Å². The van der Waals surface area contributed by atoms with Crippen molar-refractivity contribution in [3.63, 3.8) is 0 Å². The minimum absolute atomic E-state index is 0.392. The van der Waals surface area contributed by atoms with Crippen molar-refractivity contribution in [1.82, 2.24) is 0 Å². The van der Waals surface area contributed by atoms with Gasteiger partial charge in [0.2, 0.25) is 0 Å². The Morgan fingerprint density at radius 2 is 1.11 bits per heavy atom. The Hall–Kier alpha value is -1.04. The third-order valence-electron chi connectivity index (χ3n) is 4.99. The van der Waals surface area contributed by atoms with E-state index in [-0.39, 0.29) is 0 Å². The molecule has 0 saturated heterocycles. The van der Waals surface area contributed by atoms with Crippen LogP contribution in [0.25, 0.3) is 0 Å². The Labute approximate surface area is 179 Å². The van der Waals surface area contributed by atoms with Gasteiger partial charge in [-0.3, -0.25) is 0 Å². The number of benzene rings is 2.